The Kier molecular flexibility index (Phi) is 4.42. The molecule has 0 aliphatic carbocycles. The molecule has 24 heavy (non-hydrogen) atoms. The number of aryl methyl sites for hydroxylation is 1. The van der Waals surface area contributed by atoms with Gasteiger partial charge in [-0.05, 0) is 36.6 Å². The fourth-order valence-corrected chi connectivity index (χ4v) is 2.61. The Hall–Kier alpha value is -2.95. The molecule has 122 valence electrons. The minimum absolute atomic E-state index is 0.0849. The zero-order valence-corrected chi connectivity index (χ0v) is 13.3. The van der Waals surface area contributed by atoms with E-state index in [-0.39, 0.29) is 12.8 Å². The van der Waals surface area contributed by atoms with Crippen molar-refractivity contribution in [3.8, 4) is 0 Å². The smallest absolute Gasteiger partial charge is 0.325 e. The lowest BCUT2D eigenvalue weighted by molar-refractivity contribution is -0.172. The highest BCUT2D eigenvalue weighted by Gasteiger charge is 2.33. The van der Waals surface area contributed by atoms with Crippen molar-refractivity contribution in [1.29, 1.82) is 0 Å². The zero-order chi connectivity index (χ0) is 17.1. The lowest BCUT2D eigenvalue weighted by Gasteiger charge is -2.12. The van der Waals surface area contributed by atoms with Crippen molar-refractivity contribution < 1.29 is 19.2 Å². The number of imide groups is 1. The number of benzene rings is 2. The highest BCUT2D eigenvalue weighted by molar-refractivity contribution is 6.02. The van der Waals surface area contributed by atoms with Gasteiger partial charge in [0.2, 0.25) is 0 Å². The van der Waals surface area contributed by atoms with Gasteiger partial charge in [0.1, 0.15) is 0 Å². The average Bonchev–Trinajstić information content (AvgIpc) is 2.87. The average molecular weight is 323 g/mol. The Morgan fingerprint density at radius 3 is 2.29 bits per heavy atom. The van der Waals surface area contributed by atoms with Crippen LogP contribution in [0.3, 0.4) is 0 Å². The van der Waals surface area contributed by atoms with Crippen molar-refractivity contribution >= 4 is 17.8 Å². The predicted octanol–water partition coefficient (Wildman–Crippen LogP) is 2.81. The second-order valence-electron chi connectivity index (χ2n) is 5.82. The van der Waals surface area contributed by atoms with Crippen LogP contribution >= 0.6 is 0 Å². The van der Waals surface area contributed by atoms with Gasteiger partial charge in [-0.1, -0.05) is 42.0 Å². The normalized spacial score (nSPS) is 14.1. The zero-order valence-electron chi connectivity index (χ0n) is 13.3. The maximum Gasteiger partial charge on any atom is 0.363 e. The summed E-state index contributed by atoms with van der Waals surface area (Å²) in [5, 5.41) is 0.559. The highest BCUT2D eigenvalue weighted by Crippen LogP contribution is 2.16. The molecule has 0 unspecified atom stereocenters. The Balaban J connectivity index is 1.66. The molecule has 1 fully saturated rings. The molecule has 0 aromatic heterocycles. The molecule has 1 aliphatic rings. The molecule has 0 N–H and O–H groups in total. The van der Waals surface area contributed by atoms with Crippen LogP contribution in [0.2, 0.25) is 0 Å². The van der Waals surface area contributed by atoms with Gasteiger partial charge in [0.15, 0.2) is 0 Å². The standard InChI is InChI=1S/C19H17NO4/c1-13-3-2-4-15(11-13)12-14-5-7-16(8-6-14)19(23)24-20-17(21)9-10-18(20)22/h2-8,11H,9-10,12H2,1H3. The molecule has 3 rings (SSSR count). The molecular weight excluding hydrogens is 306 g/mol. The summed E-state index contributed by atoms with van der Waals surface area (Å²) in [5.74, 6) is -1.67. The number of hydroxylamine groups is 2. The van der Waals surface area contributed by atoms with Crippen molar-refractivity contribution in [2.75, 3.05) is 0 Å². The SMILES string of the molecule is Cc1cccc(Cc2ccc(C(=O)ON3C(=O)CCC3=O)cc2)c1. The Morgan fingerprint density at radius 1 is 1.00 bits per heavy atom. The summed E-state index contributed by atoms with van der Waals surface area (Å²) < 4.78 is 0. The van der Waals surface area contributed by atoms with Gasteiger partial charge in [-0.2, -0.15) is 0 Å². The van der Waals surface area contributed by atoms with Gasteiger partial charge >= 0.3 is 5.97 Å². The second kappa shape index (κ2) is 6.66. The Labute approximate surface area is 139 Å². The topological polar surface area (TPSA) is 63.7 Å². The highest BCUT2D eigenvalue weighted by atomic mass is 16.7. The number of carbonyl (C=O) groups is 3. The summed E-state index contributed by atoms with van der Waals surface area (Å²) in [5.41, 5.74) is 3.76. The molecule has 5 heteroatoms. The van der Waals surface area contributed by atoms with Gasteiger partial charge in [0, 0.05) is 12.8 Å². The van der Waals surface area contributed by atoms with Crippen molar-refractivity contribution in [2.24, 2.45) is 0 Å². The lowest BCUT2D eigenvalue weighted by Crippen LogP contribution is -2.32. The summed E-state index contributed by atoms with van der Waals surface area (Å²) in [6.07, 6.45) is 0.934. The van der Waals surface area contributed by atoms with Gasteiger partial charge in [-0.3, -0.25) is 9.59 Å². The van der Waals surface area contributed by atoms with Gasteiger partial charge < -0.3 is 4.84 Å². The molecule has 2 aromatic carbocycles. The molecule has 0 atom stereocenters. The number of hydrogen-bond donors (Lipinski definition) is 0. The Morgan fingerprint density at radius 2 is 1.67 bits per heavy atom. The van der Waals surface area contributed by atoms with Crippen LogP contribution in [0.15, 0.2) is 48.5 Å². The fourth-order valence-electron chi connectivity index (χ4n) is 2.61. The lowest BCUT2D eigenvalue weighted by atomic mass is 10.0. The minimum atomic E-state index is -0.708. The molecule has 0 spiro atoms. The second-order valence-corrected chi connectivity index (χ2v) is 5.82. The third-order valence-corrected chi connectivity index (χ3v) is 3.86. The van der Waals surface area contributed by atoms with Gasteiger partial charge in [-0.15, -0.1) is 5.06 Å². The fraction of sp³-hybridized carbons (Fsp3) is 0.211. The number of hydrogen-bond acceptors (Lipinski definition) is 4. The quantitative estimate of drug-likeness (QED) is 0.812. The van der Waals surface area contributed by atoms with Crippen LogP contribution in [0.1, 0.15) is 39.9 Å². The largest absolute Gasteiger partial charge is 0.363 e. The van der Waals surface area contributed by atoms with Crippen LogP contribution in [-0.4, -0.2) is 22.8 Å². The first-order valence-electron chi connectivity index (χ1n) is 7.75. The van der Waals surface area contributed by atoms with Crippen LogP contribution in [0.5, 0.6) is 0 Å². The molecule has 1 aliphatic heterocycles. The maximum atomic E-state index is 12.0. The van der Waals surface area contributed by atoms with E-state index in [0.717, 1.165) is 12.0 Å². The summed E-state index contributed by atoms with van der Waals surface area (Å²) in [6.45, 7) is 2.05. The van der Waals surface area contributed by atoms with E-state index in [1.807, 2.05) is 31.2 Å². The van der Waals surface area contributed by atoms with Crippen molar-refractivity contribution in [1.82, 2.24) is 5.06 Å². The molecule has 1 heterocycles. The summed E-state index contributed by atoms with van der Waals surface area (Å²) in [4.78, 5) is 39.9. The molecular formula is C19H17NO4. The maximum absolute atomic E-state index is 12.0. The van der Waals surface area contributed by atoms with Gasteiger partial charge in [-0.25, -0.2) is 4.79 Å². The van der Waals surface area contributed by atoms with Crippen molar-refractivity contribution in [3.63, 3.8) is 0 Å². The third kappa shape index (κ3) is 3.51. The van der Waals surface area contributed by atoms with Crippen LogP contribution in [0, 0.1) is 6.92 Å². The summed E-state index contributed by atoms with van der Waals surface area (Å²) >= 11 is 0. The predicted molar refractivity (Wildman–Crippen MR) is 86.9 cm³/mol. The van der Waals surface area contributed by atoms with Crippen LogP contribution in [0.25, 0.3) is 0 Å². The Bertz CT molecular complexity index is 779. The first kappa shape index (κ1) is 15.9. The van der Waals surface area contributed by atoms with Gasteiger partial charge in [0.05, 0.1) is 5.56 Å². The number of amides is 2. The minimum Gasteiger partial charge on any atom is -0.325 e. The number of nitrogens with zero attached hydrogens (tertiary/aromatic N) is 1. The van der Waals surface area contributed by atoms with E-state index in [9.17, 15) is 14.4 Å². The monoisotopic (exact) mass is 323 g/mol. The molecule has 5 nitrogen and oxygen atoms in total. The third-order valence-electron chi connectivity index (χ3n) is 3.86. The molecule has 2 amide bonds. The molecule has 1 saturated heterocycles. The first-order chi connectivity index (χ1) is 11.5. The first-order valence-corrected chi connectivity index (χ1v) is 7.75. The van der Waals surface area contributed by atoms with E-state index in [4.69, 9.17) is 4.84 Å². The summed E-state index contributed by atoms with van der Waals surface area (Å²) in [6, 6.07) is 15.2. The summed E-state index contributed by atoms with van der Waals surface area (Å²) in [7, 11) is 0. The molecule has 0 bridgehead atoms. The van der Waals surface area contributed by atoms with Crippen molar-refractivity contribution in [2.45, 2.75) is 26.2 Å². The van der Waals surface area contributed by atoms with E-state index in [2.05, 4.69) is 12.1 Å². The van der Waals surface area contributed by atoms with E-state index in [1.54, 1.807) is 12.1 Å². The molecule has 2 aromatic rings. The van der Waals surface area contributed by atoms with Crippen LogP contribution in [-0.2, 0) is 20.8 Å². The van der Waals surface area contributed by atoms with Crippen LogP contribution < -0.4 is 0 Å². The van der Waals surface area contributed by atoms with Crippen LogP contribution in [0.4, 0.5) is 0 Å². The van der Waals surface area contributed by atoms with E-state index < -0.39 is 17.8 Å². The molecule has 0 radical (unpaired) electrons. The van der Waals surface area contributed by atoms with Crippen molar-refractivity contribution in [3.05, 3.63) is 70.8 Å². The van der Waals surface area contributed by atoms with E-state index in [0.29, 0.717) is 10.6 Å². The number of carbonyl (C=O) groups excluding carboxylic acids is 3. The molecule has 0 saturated carbocycles. The van der Waals surface area contributed by atoms with Gasteiger partial charge in [0.25, 0.3) is 11.8 Å². The number of rotatable bonds is 4. The van der Waals surface area contributed by atoms with E-state index in [1.165, 1.54) is 11.1 Å². The van der Waals surface area contributed by atoms with E-state index >= 15 is 0 Å².